The summed E-state index contributed by atoms with van der Waals surface area (Å²) in [6.45, 7) is 4.56. The number of methoxy groups -OCH3 is 1. The van der Waals surface area contributed by atoms with Crippen LogP contribution in [0.1, 0.15) is 31.4 Å². The molecule has 0 aliphatic carbocycles. The quantitative estimate of drug-likeness (QED) is 0.754. The number of nitrogens with zero attached hydrogens (tertiary/aromatic N) is 3. The molecule has 1 aliphatic heterocycles. The summed E-state index contributed by atoms with van der Waals surface area (Å²) in [6, 6.07) is 9.65. The Kier molecular flexibility index (Phi) is 7.33. The molecule has 1 aliphatic rings. The van der Waals surface area contributed by atoms with E-state index < -0.39 is 0 Å². The van der Waals surface area contributed by atoms with Gasteiger partial charge in [-0.3, -0.25) is 14.7 Å². The summed E-state index contributed by atoms with van der Waals surface area (Å²) in [5.74, 6) is 1.64. The minimum absolute atomic E-state index is 0.0207. The van der Waals surface area contributed by atoms with Crippen molar-refractivity contribution in [3.63, 3.8) is 0 Å². The Morgan fingerprint density at radius 3 is 2.64 bits per heavy atom. The monoisotopic (exact) mass is 384 g/mol. The summed E-state index contributed by atoms with van der Waals surface area (Å²) in [6.07, 6.45) is 5.21. The molecular formula is C21H28N4O3. The zero-order valence-corrected chi connectivity index (χ0v) is 16.5. The second-order valence-electron chi connectivity index (χ2n) is 7.14. The maximum Gasteiger partial charge on any atom is 0.241 e. The molecule has 1 aromatic carbocycles. The van der Waals surface area contributed by atoms with Crippen LogP contribution in [0.5, 0.6) is 11.6 Å². The van der Waals surface area contributed by atoms with Crippen LogP contribution < -0.4 is 10.1 Å². The van der Waals surface area contributed by atoms with Crippen LogP contribution in [0.2, 0.25) is 0 Å². The van der Waals surface area contributed by atoms with Crippen molar-refractivity contribution in [2.45, 2.75) is 31.7 Å². The summed E-state index contributed by atoms with van der Waals surface area (Å²) in [5.41, 5.74) is 0.893. The van der Waals surface area contributed by atoms with Crippen molar-refractivity contribution in [1.82, 2.24) is 20.2 Å². The molecule has 28 heavy (non-hydrogen) atoms. The third-order valence-corrected chi connectivity index (χ3v) is 4.81. The van der Waals surface area contributed by atoms with Crippen molar-refractivity contribution in [3.05, 3.63) is 48.4 Å². The minimum Gasteiger partial charge on any atom is -0.437 e. The Bertz CT molecular complexity index is 748. The van der Waals surface area contributed by atoms with E-state index in [9.17, 15) is 4.79 Å². The number of carbonyl (C=O) groups is 1. The molecule has 1 saturated heterocycles. The summed E-state index contributed by atoms with van der Waals surface area (Å²) in [4.78, 5) is 23.3. The fourth-order valence-electron chi connectivity index (χ4n) is 3.47. The Morgan fingerprint density at radius 1 is 1.21 bits per heavy atom. The molecule has 3 rings (SSSR count). The van der Waals surface area contributed by atoms with Crippen molar-refractivity contribution < 1.29 is 14.3 Å². The molecule has 0 saturated carbocycles. The van der Waals surface area contributed by atoms with Gasteiger partial charge in [-0.15, -0.1) is 0 Å². The molecule has 0 radical (unpaired) electrons. The van der Waals surface area contributed by atoms with Crippen LogP contribution in [0.25, 0.3) is 0 Å². The van der Waals surface area contributed by atoms with Crippen LogP contribution >= 0.6 is 0 Å². The maximum atomic E-state index is 12.2. The van der Waals surface area contributed by atoms with Gasteiger partial charge >= 0.3 is 0 Å². The first kappa shape index (κ1) is 20.2. The van der Waals surface area contributed by atoms with Crippen LogP contribution in [-0.4, -0.2) is 60.2 Å². The highest BCUT2D eigenvalue weighted by Crippen LogP contribution is 2.33. The topological polar surface area (TPSA) is 76.6 Å². The molecule has 1 amide bonds. The second kappa shape index (κ2) is 10.1. The average molecular weight is 384 g/mol. The van der Waals surface area contributed by atoms with E-state index in [1.165, 1.54) is 0 Å². The van der Waals surface area contributed by atoms with E-state index in [4.69, 9.17) is 9.47 Å². The molecule has 1 unspecified atom stereocenters. The highest BCUT2D eigenvalue weighted by molar-refractivity contribution is 5.78. The van der Waals surface area contributed by atoms with E-state index in [0.717, 1.165) is 37.4 Å². The van der Waals surface area contributed by atoms with Crippen molar-refractivity contribution in [3.8, 4) is 11.6 Å². The van der Waals surface area contributed by atoms with E-state index in [1.54, 1.807) is 19.5 Å². The number of hydrogen-bond acceptors (Lipinski definition) is 6. The van der Waals surface area contributed by atoms with Crippen molar-refractivity contribution in [2.75, 3.05) is 33.4 Å². The van der Waals surface area contributed by atoms with Crippen LogP contribution in [0.3, 0.4) is 0 Å². The molecule has 1 atom stereocenters. The number of benzene rings is 1. The molecule has 7 nitrogen and oxygen atoms in total. The van der Waals surface area contributed by atoms with Crippen molar-refractivity contribution in [2.24, 2.45) is 0 Å². The van der Waals surface area contributed by atoms with Crippen molar-refractivity contribution in [1.29, 1.82) is 0 Å². The summed E-state index contributed by atoms with van der Waals surface area (Å²) in [7, 11) is 1.63. The molecule has 0 bridgehead atoms. The van der Waals surface area contributed by atoms with E-state index in [-0.39, 0.29) is 17.9 Å². The number of ether oxygens (including phenoxy) is 2. The van der Waals surface area contributed by atoms with E-state index in [0.29, 0.717) is 19.0 Å². The number of rotatable bonds is 8. The second-order valence-corrected chi connectivity index (χ2v) is 7.14. The molecule has 2 aromatic rings. The van der Waals surface area contributed by atoms with Gasteiger partial charge in [0.05, 0.1) is 13.2 Å². The summed E-state index contributed by atoms with van der Waals surface area (Å²) in [5, 5.41) is 2.96. The van der Waals surface area contributed by atoms with E-state index >= 15 is 0 Å². The highest BCUT2D eigenvalue weighted by Gasteiger charge is 2.26. The van der Waals surface area contributed by atoms with Gasteiger partial charge in [0.15, 0.2) is 0 Å². The van der Waals surface area contributed by atoms with Gasteiger partial charge in [-0.05, 0) is 45.0 Å². The number of carbonyl (C=O) groups excluding carboxylic acids is 1. The van der Waals surface area contributed by atoms with Gasteiger partial charge in [0.2, 0.25) is 11.8 Å². The lowest BCUT2D eigenvalue weighted by Crippen LogP contribution is -2.44. The molecule has 1 fully saturated rings. The number of piperidine rings is 1. The number of nitrogens with one attached hydrogen (secondary N) is 1. The third-order valence-electron chi connectivity index (χ3n) is 4.81. The largest absolute Gasteiger partial charge is 0.437 e. The number of aromatic nitrogens is 2. The predicted molar refractivity (Wildman–Crippen MR) is 106 cm³/mol. The predicted octanol–water partition coefficient (Wildman–Crippen LogP) is 2.60. The maximum absolute atomic E-state index is 12.2. The number of likely N-dealkylation sites (tertiary alicyclic amines) is 1. The van der Waals surface area contributed by atoms with Gasteiger partial charge in [0.1, 0.15) is 11.4 Å². The van der Waals surface area contributed by atoms with Gasteiger partial charge in [0.25, 0.3) is 0 Å². The molecule has 1 aromatic heterocycles. The summed E-state index contributed by atoms with van der Waals surface area (Å²) < 4.78 is 11.0. The Morgan fingerprint density at radius 2 is 1.93 bits per heavy atom. The lowest BCUT2D eigenvalue weighted by atomic mass is 9.93. The molecule has 0 spiro atoms. The third kappa shape index (κ3) is 5.74. The smallest absolute Gasteiger partial charge is 0.241 e. The van der Waals surface area contributed by atoms with Gasteiger partial charge in [-0.25, -0.2) is 4.98 Å². The standard InChI is InChI=1S/C21H28N4O3/c1-16(15-27-2)24-19(26)14-25-12-8-17(9-13-25)20-21(23-11-10-22-20)28-18-6-4-3-5-7-18/h3-7,10-11,16-17H,8-9,12-15H2,1-2H3,(H,24,26). The zero-order chi connectivity index (χ0) is 19.8. The van der Waals surface area contributed by atoms with Crippen LogP contribution in [0.15, 0.2) is 42.7 Å². The summed E-state index contributed by atoms with van der Waals surface area (Å²) >= 11 is 0. The van der Waals surface area contributed by atoms with E-state index in [2.05, 4.69) is 20.2 Å². The fraction of sp³-hybridized carbons (Fsp3) is 0.476. The first-order valence-corrected chi connectivity index (χ1v) is 9.70. The average Bonchev–Trinajstić information content (AvgIpc) is 2.70. The Labute approximate surface area is 166 Å². The number of para-hydroxylation sites is 1. The molecule has 2 heterocycles. The van der Waals surface area contributed by atoms with Gasteiger partial charge in [0, 0.05) is 31.5 Å². The molecule has 1 N–H and O–H groups in total. The minimum atomic E-state index is 0.0207. The highest BCUT2D eigenvalue weighted by atomic mass is 16.5. The first-order valence-electron chi connectivity index (χ1n) is 9.70. The SMILES string of the molecule is COCC(C)NC(=O)CN1CCC(c2nccnc2Oc2ccccc2)CC1. The Balaban J connectivity index is 1.54. The van der Waals surface area contributed by atoms with E-state index in [1.807, 2.05) is 37.3 Å². The molecule has 150 valence electrons. The van der Waals surface area contributed by atoms with Crippen molar-refractivity contribution >= 4 is 5.91 Å². The number of amides is 1. The lowest BCUT2D eigenvalue weighted by Gasteiger charge is -2.31. The van der Waals surface area contributed by atoms with Crippen LogP contribution in [0.4, 0.5) is 0 Å². The number of hydrogen-bond donors (Lipinski definition) is 1. The zero-order valence-electron chi connectivity index (χ0n) is 16.5. The molecular weight excluding hydrogens is 356 g/mol. The normalized spacial score (nSPS) is 16.5. The van der Waals surface area contributed by atoms with Gasteiger partial charge in [-0.2, -0.15) is 0 Å². The lowest BCUT2D eigenvalue weighted by molar-refractivity contribution is -0.123. The Hall–Kier alpha value is -2.51. The van der Waals surface area contributed by atoms with Gasteiger partial charge in [-0.1, -0.05) is 18.2 Å². The van der Waals surface area contributed by atoms with Gasteiger partial charge < -0.3 is 14.8 Å². The van der Waals surface area contributed by atoms with Crippen LogP contribution in [-0.2, 0) is 9.53 Å². The van der Waals surface area contributed by atoms with Crippen LogP contribution in [0, 0.1) is 0 Å². The fourth-order valence-corrected chi connectivity index (χ4v) is 3.47. The molecule has 7 heteroatoms. The first-order chi connectivity index (χ1) is 13.7.